The molecular weight excluding hydrogens is 178 g/mol. The van der Waals surface area contributed by atoms with Gasteiger partial charge in [-0.2, -0.15) is 0 Å². The van der Waals surface area contributed by atoms with Crippen LogP contribution < -0.4 is 5.32 Å². The third-order valence-electron chi connectivity index (χ3n) is 1.90. The fraction of sp³-hybridized carbons (Fsp3) is 0.800. The summed E-state index contributed by atoms with van der Waals surface area (Å²) < 4.78 is 5.23. The van der Waals surface area contributed by atoms with Crippen LogP contribution in [0, 0.1) is 12.3 Å². The topological polar surface area (TPSA) is 51.0 Å². The molecule has 1 aromatic rings. The van der Waals surface area contributed by atoms with Crippen molar-refractivity contribution in [2.45, 2.75) is 40.7 Å². The van der Waals surface area contributed by atoms with Crippen molar-refractivity contribution in [2.75, 3.05) is 6.54 Å². The lowest BCUT2D eigenvalue weighted by Crippen LogP contribution is -2.20. The standard InChI is InChI=1S/C10H19N3O/c1-8-12-13-9(14-8)7-11-6-5-10(2,3)4/h11H,5-7H2,1-4H3. The number of rotatable bonds is 4. The van der Waals surface area contributed by atoms with Gasteiger partial charge in [0.25, 0.3) is 0 Å². The van der Waals surface area contributed by atoms with Crippen LogP contribution in [0.25, 0.3) is 0 Å². The Balaban J connectivity index is 2.16. The fourth-order valence-corrected chi connectivity index (χ4v) is 1.07. The largest absolute Gasteiger partial charge is 0.424 e. The Morgan fingerprint density at radius 2 is 2.00 bits per heavy atom. The minimum absolute atomic E-state index is 0.373. The number of hydrogen-bond acceptors (Lipinski definition) is 4. The number of hydrogen-bond donors (Lipinski definition) is 1. The van der Waals surface area contributed by atoms with Crippen LogP contribution in [-0.4, -0.2) is 16.7 Å². The molecule has 0 aliphatic heterocycles. The van der Waals surface area contributed by atoms with E-state index in [0.717, 1.165) is 13.0 Å². The van der Waals surface area contributed by atoms with Crippen molar-refractivity contribution < 1.29 is 4.42 Å². The first-order chi connectivity index (χ1) is 6.47. The van der Waals surface area contributed by atoms with Crippen LogP contribution in [0.4, 0.5) is 0 Å². The maximum absolute atomic E-state index is 5.23. The van der Waals surface area contributed by atoms with Crippen molar-refractivity contribution in [1.29, 1.82) is 0 Å². The van der Waals surface area contributed by atoms with E-state index in [1.165, 1.54) is 0 Å². The second-order valence-corrected chi connectivity index (χ2v) is 4.70. The average Bonchev–Trinajstić information content (AvgIpc) is 2.44. The molecule has 1 heterocycles. The van der Waals surface area contributed by atoms with Gasteiger partial charge in [-0.1, -0.05) is 20.8 Å². The van der Waals surface area contributed by atoms with Crippen LogP contribution in [0.15, 0.2) is 4.42 Å². The molecule has 0 amide bonds. The SMILES string of the molecule is Cc1nnc(CNCCC(C)(C)C)o1. The van der Waals surface area contributed by atoms with Crippen LogP contribution in [0.5, 0.6) is 0 Å². The van der Waals surface area contributed by atoms with Gasteiger partial charge in [-0.15, -0.1) is 10.2 Å². The second kappa shape index (κ2) is 4.55. The van der Waals surface area contributed by atoms with Crippen molar-refractivity contribution in [1.82, 2.24) is 15.5 Å². The molecule has 0 aliphatic rings. The zero-order valence-corrected chi connectivity index (χ0v) is 9.42. The zero-order chi connectivity index (χ0) is 10.6. The van der Waals surface area contributed by atoms with Crippen LogP contribution >= 0.6 is 0 Å². The first-order valence-electron chi connectivity index (χ1n) is 4.97. The molecule has 1 N–H and O–H groups in total. The van der Waals surface area contributed by atoms with Gasteiger partial charge in [0.15, 0.2) is 0 Å². The molecule has 0 unspecified atom stereocenters. The number of aromatic nitrogens is 2. The van der Waals surface area contributed by atoms with Crippen molar-refractivity contribution in [3.63, 3.8) is 0 Å². The normalized spacial score (nSPS) is 12.0. The van der Waals surface area contributed by atoms with Crippen molar-refractivity contribution in [3.8, 4) is 0 Å². The first kappa shape index (κ1) is 11.2. The predicted molar refractivity (Wildman–Crippen MR) is 54.8 cm³/mol. The monoisotopic (exact) mass is 197 g/mol. The Morgan fingerprint density at radius 1 is 1.29 bits per heavy atom. The average molecular weight is 197 g/mol. The van der Waals surface area contributed by atoms with E-state index in [0.29, 0.717) is 23.7 Å². The minimum atomic E-state index is 0.373. The highest BCUT2D eigenvalue weighted by Crippen LogP contribution is 2.16. The molecule has 0 saturated carbocycles. The Labute approximate surface area is 85.1 Å². The summed E-state index contributed by atoms with van der Waals surface area (Å²) in [6.07, 6.45) is 1.14. The first-order valence-corrected chi connectivity index (χ1v) is 4.97. The van der Waals surface area contributed by atoms with E-state index in [4.69, 9.17) is 4.42 Å². The quantitative estimate of drug-likeness (QED) is 0.749. The summed E-state index contributed by atoms with van der Waals surface area (Å²) >= 11 is 0. The lowest BCUT2D eigenvalue weighted by molar-refractivity contribution is 0.358. The lowest BCUT2D eigenvalue weighted by atomic mass is 9.92. The van der Waals surface area contributed by atoms with Gasteiger partial charge in [0.05, 0.1) is 6.54 Å². The van der Waals surface area contributed by atoms with E-state index in [-0.39, 0.29) is 0 Å². The van der Waals surface area contributed by atoms with Crippen molar-refractivity contribution >= 4 is 0 Å². The van der Waals surface area contributed by atoms with E-state index >= 15 is 0 Å². The van der Waals surface area contributed by atoms with Crippen molar-refractivity contribution in [2.24, 2.45) is 5.41 Å². The van der Waals surface area contributed by atoms with E-state index in [9.17, 15) is 0 Å². The van der Waals surface area contributed by atoms with Gasteiger partial charge in [0.2, 0.25) is 11.8 Å². The molecule has 0 aliphatic carbocycles. The van der Waals surface area contributed by atoms with Gasteiger partial charge in [-0.3, -0.25) is 0 Å². The predicted octanol–water partition coefficient (Wildman–Crippen LogP) is 1.90. The van der Waals surface area contributed by atoms with Crippen molar-refractivity contribution in [3.05, 3.63) is 11.8 Å². The molecule has 4 heteroatoms. The van der Waals surface area contributed by atoms with Gasteiger partial charge >= 0.3 is 0 Å². The summed E-state index contributed by atoms with van der Waals surface area (Å²) in [6, 6.07) is 0. The smallest absolute Gasteiger partial charge is 0.230 e. The Hall–Kier alpha value is -0.900. The molecule has 0 fully saturated rings. The molecule has 0 radical (unpaired) electrons. The van der Waals surface area contributed by atoms with Gasteiger partial charge < -0.3 is 9.73 Å². The van der Waals surface area contributed by atoms with E-state index in [2.05, 4.69) is 36.3 Å². The lowest BCUT2D eigenvalue weighted by Gasteiger charge is -2.17. The molecule has 14 heavy (non-hydrogen) atoms. The molecule has 0 bridgehead atoms. The molecule has 4 nitrogen and oxygen atoms in total. The summed E-state index contributed by atoms with van der Waals surface area (Å²) in [7, 11) is 0. The van der Waals surface area contributed by atoms with Crippen LogP contribution in [0.3, 0.4) is 0 Å². The Morgan fingerprint density at radius 3 is 2.50 bits per heavy atom. The molecule has 1 rings (SSSR count). The van der Waals surface area contributed by atoms with Gasteiger partial charge in [0, 0.05) is 6.92 Å². The van der Waals surface area contributed by atoms with Crippen LogP contribution in [0.1, 0.15) is 39.0 Å². The molecule has 80 valence electrons. The highest BCUT2D eigenvalue weighted by molar-refractivity contribution is 4.78. The van der Waals surface area contributed by atoms with Crippen LogP contribution in [0.2, 0.25) is 0 Å². The second-order valence-electron chi connectivity index (χ2n) is 4.70. The summed E-state index contributed by atoms with van der Waals surface area (Å²) in [5.41, 5.74) is 0.373. The van der Waals surface area contributed by atoms with Gasteiger partial charge in [0.1, 0.15) is 0 Å². The number of nitrogens with zero attached hydrogens (tertiary/aromatic N) is 2. The summed E-state index contributed by atoms with van der Waals surface area (Å²) in [5, 5.41) is 10.9. The minimum Gasteiger partial charge on any atom is -0.424 e. The third kappa shape index (κ3) is 4.37. The summed E-state index contributed by atoms with van der Waals surface area (Å²) in [4.78, 5) is 0. The Kier molecular flexibility index (Phi) is 3.63. The summed E-state index contributed by atoms with van der Waals surface area (Å²) in [6.45, 7) is 10.1. The molecule has 0 aromatic carbocycles. The van der Waals surface area contributed by atoms with E-state index in [1.54, 1.807) is 6.92 Å². The highest BCUT2D eigenvalue weighted by Gasteiger charge is 2.09. The van der Waals surface area contributed by atoms with Crippen LogP contribution in [-0.2, 0) is 6.54 Å². The van der Waals surface area contributed by atoms with E-state index in [1.807, 2.05) is 0 Å². The van der Waals surface area contributed by atoms with E-state index < -0.39 is 0 Å². The highest BCUT2D eigenvalue weighted by atomic mass is 16.4. The third-order valence-corrected chi connectivity index (χ3v) is 1.90. The maximum Gasteiger partial charge on any atom is 0.230 e. The van der Waals surface area contributed by atoms with Gasteiger partial charge in [-0.05, 0) is 18.4 Å². The maximum atomic E-state index is 5.23. The zero-order valence-electron chi connectivity index (χ0n) is 9.42. The Bertz CT molecular complexity index is 275. The molecular formula is C10H19N3O. The van der Waals surface area contributed by atoms with Gasteiger partial charge in [-0.25, -0.2) is 0 Å². The fourth-order valence-electron chi connectivity index (χ4n) is 1.07. The molecule has 1 aromatic heterocycles. The number of aryl methyl sites for hydroxylation is 1. The molecule has 0 spiro atoms. The molecule has 0 saturated heterocycles. The number of nitrogens with one attached hydrogen (secondary N) is 1. The summed E-state index contributed by atoms with van der Waals surface area (Å²) in [5.74, 6) is 1.29. The molecule has 0 atom stereocenters.